The first kappa shape index (κ1) is 15.1. The summed E-state index contributed by atoms with van der Waals surface area (Å²) < 4.78 is 0. The molecule has 0 unspecified atom stereocenters. The summed E-state index contributed by atoms with van der Waals surface area (Å²) in [5.74, 6) is 1.42. The van der Waals surface area contributed by atoms with Crippen molar-refractivity contribution in [1.82, 2.24) is 15.3 Å². The molecule has 2 aromatic rings. The van der Waals surface area contributed by atoms with E-state index in [1.54, 1.807) is 12.4 Å². The summed E-state index contributed by atoms with van der Waals surface area (Å²) in [6.07, 6.45) is 11.8. The molecule has 1 saturated carbocycles. The van der Waals surface area contributed by atoms with Gasteiger partial charge in [-0.25, -0.2) is 9.97 Å². The van der Waals surface area contributed by atoms with E-state index < -0.39 is 0 Å². The largest absolute Gasteiger partial charge is 0.349 e. The number of benzene rings is 1. The summed E-state index contributed by atoms with van der Waals surface area (Å²) in [5, 5.41) is 3.18. The highest BCUT2D eigenvalue weighted by Crippen LogP contribution is 2.43. The zero-order chi connectivity index (χ0) is 16.5. The molecule has 1 heterocycles. The smallest absolute Gasteiger partial charge is 0.224 e. The number of rotatable bonds is 4. The second kappa shape index (κ2) is 6.19. The number of fused-ring (bicyclic) bond motifs is 2. The van der Waals surface area contributed by atoms with Crippen molar-refractivity contribution in [2.45, 2.75) is 25.8 Å². The van der Waals surface area contributed by atoms with Gasteiger partial charge >= 0.3 is 0 Å². The lowest BCUT2D eigenvalue weighted by atomic mass is 9.92. The molecule has 1 amide bonds. The van der Waals surface area contributed by atoms with E-state index in [-0.39, 0.29) is 17.9 Å². The highest BCUT2D eigenvalue weighted by atomic mass is 16.2. The number of carbonyl (C=O) groups excluding carboxylic acids is 1. The molecule has 1 aromatic heterocycles. The minimum atomic E-state index is 0.0154. The Morgan fingerprint density at radius 2 is 1.83 bits per heavy atom. The molecule has 1 fully saturated rings. The van der Waals surface area contributed by atoms with Crippen molar-refractivity contribution in [2.75, 3.05) is 0 Å². The maximum atomic E-state index is 12.5. The fraction of sp³-hybridized carbons (Fsp3) is 0.350. The number of allylic oxidation sites excluding steroid dienone is 2. The van der Waals surface area contributed by atoms with Crippen LogP contribution in [0.5, 0.6) is 0 Å². The van der Waals surface area contributed by atoms with Crippen LogP contribution in [0.3, 0.4) is 0 Å². The minimum absolute atomic E-state index is 0.0154. The maximum absolute atomic E-state index is 12.5. The Morgan fingerprint density at radius 3 is 2.46 bits per heavy atom. The quantitative estimate of drug-likeness (QED) is 0.877. The first-order valence-electron chi connectivity index (χ1n) is 8.55. The average molecular weight is 319 g/mol. The zero-order valence-corrected chi connectivity index (χ0v) is 13.7. The number of hydrogen-bond acceptors (Lipinski definition) is 3. The fourth-order valence-electron chi connectivity index (χ4n) is 3.90. The van der Waals surface area contributed by atoms with Gasteiger partial charge in [-0.15, -0.1) is 0 Å². The van der Waals surface area contributed by atoms with E-state index in [9.17, 15) is 4.79 Å². The molecule has 24 heavy (non-hydrogen) atoms. The van der Waals surface area contributed by atoms with Crippen molar-refractivity contribution in [3.05, 3.63) is 60.7 Å². The van der Waals surface area contributed by atoms with Gasteiger partial charge in [0.2, 0.25) is 5.91 Å². The predicted molar refractivity (Wildman–Crippen MR) is 92.9 cm³/mol. The highest BCUT2D eigenvalue weighted by molar-refractivity contribution is 5.80. The van der Waals surface area contributed by atoms with Crippen molar-refractivity contribution >= 4 is 5.91 Å². The molecule has 0 saturated heterocycles. The average Bonchev–Trinajstić information content (AvgIpc) is 3.26. The molecule has 2 aliphatic rings. The Bertz CT molecular complexity index is 754. The molecule has 2 bridgehead atoms. The Labute approximate surface area is 142 Å². The molecule has 0 aliphatic heterocycles. The van der Waals surface area contributed by atoms with Crippen molar-refractivity contribution in [3.63, 3.8) is 0 Å². The van der Waals surface area contributed by atoms with Crippen LogP contribution in [0.25, 0.3) is 11.1 Å². The van der Waals surface area contributed by atoms with E-state index in [1.807, 2.05) is 6.92 Å². The van der Waals surface area contributed by atoms with Crippen LogP contribution in [0.2, 0.25) is 0 Å². The molecule has 0 radical (unpaired) electrons. The number of nitrogens with zero attached hydrogens (tertiary/aromatic N) is 2. The van der Waals surface area contributed by atoms with E-state index in [4.69, 9.17) is 0 Å². The molecule has 122 valence electrons. The Kier molecular flexibility index (Phi) is 3.89. The normalized spacial score (nSPS) is 25.6. The second-order valence-electron chi connectivity index (χ2n) is 6.87. The molecular weight excluding hydrogens is 298 g/mol. The van der Waals surface area contributed by atoms with E-state index in [0.29, 0.717) is 11.8 Å². The third-order valence-electron chi connectivity index (χ3n) is 5.28. The lowest BCUT2D eigenvalue weighted by Gasteiger charge is -2.21. The van der Waals surface area contributed by atoms with Crippen LogP contribution < -0.4 is 5.32 Å². The zero-order valence-electron chi connectivity index (χ0n) is 13.7. The maximum Gasteiger partial charge on any atom is 0.224 e. The SMILES string of the molecule is C[C@H](NC(=O)[C@H]1C[C@H]2C=C[C@H]1C2)c1ccc(-c2cncnc2)cc1. The summed E-state index contributed by atoms with van der Waals surface area (Å²) >= 11 is 0. The van der Waals surface area contributed by atoms with Crippen LogP contribution in [-0.2, 0) is 4.79 Å². The van der Waals surface area contributed by atoms with Crippen LogP contribution in [0.4, 0.5) is 0 Å². The van der Waals surface area contributed by atoms with Gasteiger partial charge in [-0.05, 0) is 42.7 Å². The number of nitrogens with one attached hydrogen (secondary N) is 1. The summed E-state index contributed by atoms with van der Waals surface area (Å²) in [6.45, 7) is 2.04. The van der Waals surface area contributed by atoms with Crippen LogP contribution in [0, 0.1) is 17.8 Å². The first-order chi connectivity index (χ1) is 11.7. The third kappa shape index (κ3) is 2.84. The third-order valence-corrected chi connectivity index (χ3v) is 5.28. The number of aromatic nitrogens is 2. The number of amides is 1. The highest BCUT2D eigenvalue weighted by Gasteiger charge is 2.39. The topological polar surface area (TPSA) is 54.9 Å². The molecule has 4 atom stereocenters. The molecule has 2 aliphatic carbocycles. The van der Waals surface area contributed by atoms with Crippen molar-refractivity contribution < 1.29 is 4.79 Å². The summed E-state index contributed by atoms with van der Waals surface area (Å²) in [6, 6.07) is 8.25. The Balaban J connectivity index is 1.42. The number of hydrogen-bond donors (Lipinski definition) is 1. The van der Waals surface area contributed by atoms with Gasteiger partial charge in [0, 0.05) is 23.9 Å². The molecule has 4 heteroatoms. The molecule has 1 N–H and O–H groups in total. The van der Waals surface area contributed by atoms with Crippen LogP contribution in [0.1, 0.15) is 31.4 Å². The molecular formula is C20H21N3O. The van der Waals surface area contributed by atoms with Crippen LogP contribution in [-0.4, -0.2) is 15.9 Å². The van der Waals surface area contributed by atoms with Gasteiger partial charge in [-0.1, -0.05) is 36.4 Å². The monoisotopic (exact) mass is 319 g/mol. The lowest BCUT2D eigenvalue weighted by molar-refractivity contribution is -0.126. The van der Waals surface area contributed by atoms with Crippen molar-refractivity contribution in [3.8, 4) is 11.1 Å². The Morgan fingerprint density at radius 1 is 1.08 bits per heavy atom. The van der Waals surface area contributed by atoms with Gasteiger partial charge in [0.1, 0.15) is 6.33 Å². The van der Waals surface area contributed by atoms with Crippen molar-refractivity contribution in [1.29, 1.82) is 0 Å². The van der Waals surface area contributed by atoms with Gasteiger partial charge in [0.05, 0.1) is 6.04 Å². The van der Waals surface area contributed by atoms with Gasteiger partial charge in [-0.3, -0.25) is 4.79 Å². The summed E-state index contributed by atoms with van der Waals surface area (Å²) in [5.41, 5.74) is 3.19. The predicted octanol–water partition coefficient (Wildman–Crippen LogP) is 3.53. The van der Waals surface area contributed by atoms with Crippen LogP contribution >= 0.6 is 0 Å². The molecule has 1 aromatic carbocycles. The van der Waals surface area contributed by atoms with E-state index in [2.05, 4.69) is 51.7 Å². The standard InChI is InChI=1S/C20H21N3O/c1-13(23-20(24)19-9-14-2-3-17(19)8-14)15-4-6-16(7-5-15)18-10-21-12-22-11-18/h2-7,10-14,17,19H,8-9H2,1H3,(H,23,24)/t13-,14-,17-,19-/m0/s1. The molecule has 4 rings (SSSR count). The fourth-order valence-corrected chi connectivity index (χ4v) is 3.90. The second-order valence-corrected chi connectivity index (χ2v) is 6.87. The van der Waals surface area contributed by atoms with E-state index in [1.165, 1.54) is 6.33 Å². The summed E-state index contributed by atoms with van der Waals surface area (Å²) in [4.78, 5) is 20.6. The van der Waals surface area contributed by atoms with Gasteiger partial charge in [-0.2, -0.15) is 0 Å². The van der Waals surface area contributed by atoms with Gasteiger partial charge < -0.3 is 5.32 Å². The van der Waals surface area contributed by atoms with E-state index >= 15 is 0 Å². The first-order valence-corrected chi connectivity index (χ1v) is 8.55. The van der Waals surface area contributed by atoms with E-state index in [0.717, 1.165) is 29.5 Å². The minimum Gasteiger partial charge on any atom is -0.349 e. The Hall–Kier alpha value is -2.49. The molecule has 4 nitrogen and oxygen atoms in total. The molecule has 0 spiro atoms. The number of carbonyl (C=O) groups is 1. The van der Waals surface area contributed by atoms with Gasteiger partial charge in [0.25, 0.3) is 0 Å². The van der Waals surface area contributed by atoms with Gasteiger partial charge in [0.15, 0.2) is 0 Å². The van der Waals surface area contributed by atoms with Crippen molar-refractivity contribution in [2.24, 2.45) is 17.8 Å². The summed E-state index contributed by atoms with van der Waals surface area (Å²) in [7, 11) is 0. The van der Waals surface area contributed by atoms with Crippen LogP contribution in [0.15, 0.2) is 55.1 Å². The lowest BCUT2D eigenvalue weighted by Crippen LogP contribution is -2.34.